The van der Waals surface area contributed by atoms with Gasteiger partial charge in [-0.2, -0.15) is 0 Å². The molecule has 2 aromatic carbocycles. The van der Waals surface area contributed by atoms with Gasteiger partial charge in [-0.25, -0.2) is 4.79 Å². The number of hydrogen-bond donors (Lipinski definition) is 3. The summed E-state index contributed by atoms with van der Waals surface area (Å²) < 4.78 is 0. The van der Waals surface area contributed by atoms with Crippen molar-refractivity contribution in [2.24, 2.45) is 5.92 Å². The molecule has 2 amide bonds. The normalized spacial score (nSPS) is 14.3. The van der Waals surface area contributed by atoms with Gasteiger partial charge in [0, 0.05) is 17.2 Å². The van der Waals surface area contributed by atoms with E-state index in [4.69, 9.17) is 0 Å². The molecule has 0 saturated heterocycles. The van der Waals surface area contributed by atoms with Crippen molar-refractivity contribution >= 4 is 23.5 Å². The van der Waals surface area contributed by atoms with E-state index in [0.717, 1.165) is 24.0 Å². The molecule has 2 aromatic rings. The Hall–Kier alpha value is -3.15. The summed E-state index contributed by atoms with van der Waals surface area (Å²) in [5, 5.41) is 15.0. The summed E-state index contributed by atoms with van der Waals surface area (Å²) in [7, 11) is 0. The number of aliphatic carboxylic acids is 1. The molecule has 0 spiro atoms. The van der Waals surface area contributed by atoms with Crippen LogP contribution in [0.15, 0.2) is 42.5 Å². The summed E-state index contributed by atoms with van der Waals surface area (Å²) in [6.07, 6.45) is 1.78. The molecule has 3 N–H and O–H groups in total. The predicted molar refractivity (Wildman–Crippen MR) is 102 cm³/mol. The van der Waals surface area contributed by atoms with E-state index in [1.54, 1.807) is 36.4 Å². The van der Waals surface area contributed by atoms with Crippen molar-refractivity contribution in [2.45, 2.75) is 32.7 Å². The maximum Gasteiger partial charge on any atom is 0.330 e. The third-order valence-corrected chi connectivity index (χ3v) is 4.82. The summed E-state index contributed by atoms with van der Waals surface area (Å²) in [4.78, 5) is 36.3. The SMILES string of the molecule is Cc1cccc(C(NC(=O)c2cccc(NC(=O)C3CC3)c2)C(=O)O)c1C. The van der Waals surface area contributed by atoms with E-state index >= 15 is 0 Å². The number of carboxylic acids is 1. The number of amides is 2. The first kappa shape index (κ1) is 18.6. The van der Waals surface area contributed by atoms with E-state index in [1.165, 1.54) is 0 Å². The fraction of sp³-hybridized carbons (Fsp3) is 0.286. The Balaban J connectivity index is 1.79. The van der Waals surface area contributed by atoms with Gasteiger partial charge in [-0.3, -0.25) is 9.59 Å². The smallest absolute Gasteiger partial charge is 0.330 e. The summed E-state index contributed by atoms with van der Waals surface area (Å²) in [6.45, 7) is 3.73. The lowest BCUT2D eigenvalue weighted by molar-refractivity contribution is -0.139. The van der Waals surface area contributed by atoms with Crippen LogP contribution in [0.25, 0.3) is 0 Å². The Bertz CT molecular complexity index is 903. The lowest BCUT2D eigenvalue weighted by Gasteiger charge is -2.18. The molecule has 1 fully saturated rings. The van der Waals surface area contributed by atoms with Crippen molar-refractivity contribution in [2.75, 3.05) is 5.32 Å². The molecule has 1 aliphatic carbocycles. The van der Waals surface area contributed by atoms with Crippen LogP contribution in [0.5, 0.6) is 0 Å². The van der Waals surface area contributed by atoms with Crippen molar-refractivity contribution in [1.82, 2.24) is 5.32 Å². The number of rotatable bonds is 6. The van der Waals surface area contributed by atoms with Crippen molar-refractivity contribution in [3.05, 3.63) is 64.7 Å². The molecule has 1 unspecified atom stereocenters. The number of carbonyl (C=O) groups excluding carboxylic acids is 2. The van der Waals surface area contributed by atoms with Crippen LogP contribution < -0.4 is 10.6 Å². The minimum atomic E-state index is -1.15. The van der Waals surface area contributed by atoms with E-state index in [1.807, 2.05) is 19.9 Å². The molecule has 0 aliphatic heterocycles. The quantitative estimate of drug-likeness (QED) is 0.731. The minimum Gasteiger partial charge on any atom is -0.479 e. The number of hydrogen-bond acceptors (Lipinski definition) is 3. The summed E-state index contributed by atoms with van der Waals surface area (Å²) in [5.41, 5.74) is 3.15. The average molecular weight is 366 g/mol. The van der Waals surface area contributed by atoms with Gasteiger partial charge in [0.2, 0.25) is 5.91 Å². The highest BCUT2D eigenvalue weighted by molar-refractivity contribution is 5.99. The number of carboxylic acid groups (broad SMARTS) is 1. The van der Waals surface area contributed by atoms with Gasteiger partial charge in [-0.05, 0) is 61.6 Å². The molecular weight excluding hydrogens is 344 g/mol. The van der Waals surface area contributed by atoms with Crippen LogP contribution in [0.3, 0.4) is 0 Å². The fourth-order valence-corrected chi connectivity index (χ4v) is 2.90. The Morgan fingerprint density at radius 1 is 1.07 bits per heavy atom. The van der Waals surface area contributed by atoms with E-state index in [0.29, 0.717) is 16.8 Å². The van der Waals surface area contributed by atoms with Crippen LogP contribution in [0.4, 0.5) is 5.69 Å². The fourth-order valence-electron chi connectivity index (χ4n) is 2.90. The number of nitrogens with one attached hydrogen (secondary N) is 2. The third-order valence-electron chi connectivity index (χ3n) is 4.82. The number of anilines is 1. The molecule has 0 aromatic heterocycles. The molecule has 0 bridgehead atoms. The zero-order valence-electron chi connectivity index (χ0n) is 15.3. The van der Waals surface area contributed by atoms with Crippen LogP contribution >= 0.6 is 0 Å². The topological polar surface area (TPSA) is 95.5 Å². The molecule has 1 saturated carbocycles. The first-order valence-corrected chi connectivity index (χ1v) is 8.87. The number of carbonyl (C=O) groups is 3. The predicted octanol–water partition coefficient (Wildman–Crippen LogP) is 3.21. The molecule has 6 heteroatoms. The van der Waals surface area contributed by atoms with Gasteiger partial charge in [0.05, 0.1) is 0 Å². The van der Waals surface area contributed by atoms with E-state index < -0.39 is 17.9 Å². The largest absolute Gasteiger partial charge is 0.479 e. The number of aryl methyl sites for hydroxylation is 1. The van der Waals surface area contributed by atoms with Crippen LogP contribution in [-0.2, 0) is 9.59 Å². The first-order valence-electron chi connectivity index (χ1n) is 8.87. The summed E-state index contributed by atoms with van der Waals surface area (Å²) >= 11 is 0. The van der Waals surface area contributed by atoms with Crippen molar-refractivity contribution < 1.29 is 19.5 Å². The van der Waals surface area contributed by atoms with Gasteiger partial charge in [-0.15, -0.1) is 0 Å². The van der Waals surface area contributed by atoms with Gasteiger partial charge < -0.3 is 15.7 Å². The van der Waals surface area contributed by atoms with Crippen molar-refractivity contribution in [3.63, 3.8) is 0 Å². The first-order chi connectivity index (χ1) is 12.9. The molecule has 27 heavy (non-hydrogen) atoms. The maximum atomic E-state index is 12.6. The standard InChI is InChI=1S/C21H22N2O4/c1-12-5-3-8-17(13(12)2)18(21(26)27)23-20(25)15-6-4-7-16(11-15)22-19(24)14-9-10-14/h3-8,11,14,18H,9-10H2,1-2H3,(H,22,24)(H,23,25)(H,26,27). The van der Waals surface area contributed by atoms with Crippen molar-refractivity contribution in [3.8, 4) is 0 Å². The molecular formula is C21H22N2O4. The molecule has 1 atom stereocenters. The van der Waals surface area contributed by atoms with Gasteiger partial charge >= 0.3 is 5.97 Å². The third kappa shape index (κ3) is 4.34. The Morgan fingerprint density at radius 3 is 2.44 bits per heavy atom. The van der Waals surface area contributed by atoms with Crippen LogP contribution in [0.2, 0.25) is 0 Å². The van der Waals surface area contributed by atoms with Gasteiger partial charge in [-0.1, -0.05) is 24.3 Å². The monoisotopic (exact) mass is 366 g/mol. The molecule has 0 heterocycles. The lowest BCUT2D eigenvalue weighted by Crippen LogP contribution is -2.34. The van der Waals surface area contributed by atoms with Gasteiger partial charge in [0.15, 0.2) is 6.04 Å². The summed E-state index contributed by atoms with van der Waals surface area (Å²) in [5.74, 6) is -1.63. The zero-order chi connectivity index (χ0) is 19.6. The minimum absolute atomic E-state index is 0.0497. The molecule has 3 rings (SSSR count). The maximum absolute atomic E-state index is 12.6. The average Bonchev–Trinajstić information content (AvgIpc) is 3.47. The van der Waals surface area contributed by atoms with Crippen LogP contribution in [0, 0.1) is 19.8 Å². The molecule has 140 valence electrons. The van der Waals surface area contributed by atoms with E-state index in [-0.39, 0.29) is 11.8 Å². The number of benzene rings is 2. The highest BCUT2D eigenvalue weighted by atomic mass is 16.4. The van der Waals surface area contributed by atoms with E-state index in [2.05, 4.69) is 10.6 Å². The molecule has 0 radical (unpaired) electrons. The highest BCUT2D eigenvalue weighted by Crippen LogP contribution is 2.30. The second-order valence-corrected chi connectivity index (χ2v) is 6.88. The molecule has 6 nitrogen and oxygen atoms in total. The van der Waals surface area contributed by atoms with Gasteiger partial charge in [0.1, 0.15) is 0 Å². The Labute approximate surface area is 157 Å². The summed E-state index contributed by atoms with van der Waals surface area (Å²) in [6, 6.07) is 10.7. The Morgan fingerprint density at radius 2 is 1.78 bits per heavy atom. The lowest BCUT2D eigenvalue weighted by atomic mass is 9.97. The Kier molecular flexibility index (Phi) is 5.26. The molecule has 1 aliphatic rings. The van der Waals surface area contributed by atoms with Gasteiger partial charge in [0.25, 0.3) is 5.91 Å². The van der Waals surface area contributed by atoms with Crippen LogP contribution in [-0.4, -0.2) is 22.9 Å². The van der Waals surface area contributed by atoms with Crippen molar-refractivity contribution in [1.29, 1.82) is 0 Å². The second-order valence-electron chi connectivity index (χ2n) is 6.88. The second kappa shape index (κ2) is 7.61. The van der Waals surface area contributed by atoms with E-state index in [9.17, 15) is 19.5 Å². The van der Waals surface area contributed by atoms with Crippen LogP contribution in [0.1, 0.15) is 45.9 Å². The zero-order valence-corrected chi connectivity index (χ0v) is 15.3. The highest BCUT2D eigenvalue weighted by Gasteiger charge is 2.30.